The molecule has 0 unspecified atom stereocenters. The molecule has 0 N–H and O–H groups in total. The van der Waals surface area contributed by atoms with Crippen LogP contribution >= 0.6 is 11.6 Å². The fourth-order valence-corrected chi connectivity index (χ4v) is 0. The predicted octanol–water partition coefficient (Wildman–Crippen LogP) is -2.82. The minimum Gasteiger partial charge on any atom is -1.00 e. The Morgan fingerprint density at radius 3 is 1.80 bits per heavy atom. The zero-order valence-corrected chi connectivity index (χ0v) is 6.96. The largest absolute Gasteiger partial charge is 1.00 e. The van der Waals surface area contributed by atoms with Gasteiger partial charge in [0.15, 0.2) is 17.4 Å². The predicted molar refractivity (Wildman–Crippen MR) is 27.4 cm³/mol. The molecule has 0 aromatic carbocycles. The van der Waals surface area contributed by atoms with Crippen molar-refractivity contribution < 1.29 is 52.8 Å². The third kappa shape index (κ3) is 21.2. The number of alkyl halides is 1. The molecule has 0 saturated heterocycles. The summed E-state index contributed by atoms with van der Waals surface area (Å²) in [7, 11) is 0. The third-order valence-corrected chi connectivity index (χ3v) is 0. The molecule has 0 radical (unpaired) electrons. The van der Waals surface area contributed by atoms with Crippen LogP contribution in [-0.2, 0) is 0 Å². The van der Waals surface area contributed by atoms with Gasteiger partial charge in [-0.15, -0.1) is 11.6 Å². The molecule has 0 fully saturated rings. The quantitative estimate of drug-likeness (QED) is 0.248. The molecule has 0 aromatic heterocycles. The SMILES string of the molecule is CCCl.[AlH3].[H-].[K+]. The van der Waals surface area contributed by atoms with Gasteiger partial charge in [-0.2, -0.15) is 0 Å². The Kier molecular flexibility index (Phi) is 50.4. The molecule has 0 amide bonds. The van der Waals surface area contributed by atoms with E-state index in [0.29, 0.717) is 0 Å². The molecule has 0 rings (SSSR count). The van der Waals surface area contributed by atoms with Crippen molar-refractivity contribution in [2.24, 2.45) is 0 Å². The van der Waals surface area contributed by atoms with Crippen molar-refractivity contribution in [3.05, 3.63) is 0 Å². The average molecular weight is 135 g/mol. The van der Waals surface area contributed by atoms with E-state index in [1.165, 1.54) is 0 Å². The van der Waals surface area contributed by atoms with Crippen LogP contribution in [0.1, 0.15) is 8.35 Å². The summed E-state index contributed by atoms with van der Waals surface area (Å²) >= 11 is 5.00. The van der Waals surface area contributed by atoms with E-state index >= 15 is 0 Å². The van der Waals surface area contributed by atoms with Crippen LogP contribution in [0.25, 0.3) is 0 Å². The van der Waals surface area contributed by atoms with Gasteiger partial charge in [-0.3, -0.25) is 0 Å². The molecule has 5 heavy (non-hydrogen) atoms. The third-order valence-electron chi connectivity index (χ3n) is 0. The van der Waals surface area contributed by atoms with Crippen molar-refractivity contribution in [2.45, 2.75) is 6.92 Å². The fraction of sp³-hybridized carbons (Fsp3) is 1.00. The standard InChI is InChI=1S/C2H5Cl.Al.K.4H/c1-2-3;;;;;;/h2H2,1H3;;;;;;/q;;+1;;;;-1. The molecule has 0 aliphatic heterocycles. The Morgan fingerprint density at radius 2 is 1.80 bits per heavy atom. The van der Waals surface area contributed by atoms with Crippen LogP contribution in [0.3, 0.4) is 0 Å². The molecule has 0 aliphatic rings. The molecule has 0 bridgehead atoms. The first-order chi connectivity index (χ1) is 1.41. The summed E-state index contributed by atoms with van der Waals surface area (Å²) in [4.78, 5) is 0. The normalized spacial score (nSPS) is 3.60. The van der Waals surface area contributed by atoms with Crippen molar-refractivity contribution in [1.82, 2.24) is 0 Å². The van der Waals surface area contributed by atoms with E-state index in [1.807, 2.05) is 6.92 Å². The molecule has 0 aromatic rings. The number of halogens is 1. The molecule has 0 heterocycles. The van der Waals surface area contributed by atoms with E-state index in [0.717, 1.165) is 5.88 Å². The van der Waals surface area contributed by atoms with Crippen LogP contribution in [0.15, 0.2) is 0 Å². The molecule has 0 atom stereocenters. The van der Waals surface area contributed by atoms with Gasteiger partial charge in [-0.25, -0.2) is 0 Å². The smallest absolute Gasteiger partial charge is 1.00 e. The molecule has 0 saturated carbocycles. The van der Waals surface area contributed by atoms with Crippen LogP contribution < -0.4 is 51.4 Å². The van der Waals surface area contributed by atoms with Gasteiger partial charge in [-0.05, 0) is 0 Å². The van der Waals surface area contributed by atoms with Crippen LogP contribution in [0.2, 0.25) is 0 Å². The molecule has 0 aliphatic carbocycles. The number of hydrogen-bond donors (Lipinski definition) is 0. The second-order valence-electron chi connectivity index (χ2n) is 0.267. The Balaban J connectivity index is -0.00000000667. The minimum atomic E-state index is 0. The second-order valence-corrected chi connectivity index (χ2v) is 0.802. The first-order valence-electron chi connectivity index (χ1n) is 0.974. The van der Waals surface area contributed by atoms with Gasteiger partial charge in [0.1, 0.15) is 0 Å². The number of hydrogen-bond acceptors (Lipinski definition) is 0. The summed E-state index contributed by atoms with van der Waals surface area (Å²) < 4.78 is 0. The fourth-order valence-electron chi connectivity index (χ4n) is 0. The summed E-state index contributed by atoms with van der Waals surface area (Å²) in [6.45, 7) is 1.89. The Bertz CT molecular complexity index is 13.5. The maximum absolute atomic E-state index is 5.00. The zero-order valence-electron chi connectivity index (χ0n) is 4.09. The summed E-state index contributed by atoms with van der Waals surface area (Å²) in [6, 6.07) is 0. The summed E-state index contributed by atoms with van der Waals surface area (Å²) in [5, 5.41) is 0. The van der Waals surface area contributed by atoms with E-state index in [9.17, 15) is 0 Å². The topological polar surface area (TPSA) is 0 Å². The molecule has 0 nitrogen and oxygen atoms in total. The van der Waals surface area contributed by atoms with Crippen LogP contribution in [0.4, 0.5) is 0 Å². The minimum absolute atomic E-state index is 0. The van der Waals surface area contributed by atoms with Gasteiger partial charge in [0.05, 0.1) is 0 Å². The van der Waals surface area contributed by atoms with Crippen molar-refractivity contribution in [2.75, 3.05) is 5.88 Å². The molecule has 3 heteroatoms. The van der Waals surface area contributed by atoms with Crippen LogP contribution in [-0.4, -0.2) is 23.2 Å². The molecular weight excluding hydrogens is 126 g/mol. The van der Waals surface area contributed by atoms with E-state index in [-0.39, 0.29) is 70.2 Å². The van der Waals surface area contributed by atoms with Crippen LogP contribution in [0.5, 0.6) is 0 Å². The van der Waals surface area contributed by atoms with Crippen molar-refractivity contribution in [3.63, 3.8) is 0 Å². The van der Waals surface area contributed by atoms with Crippen molar-refractivity contribution in [3.8, 4) is 0 Å². The summed E-state index contributed by atoms with van der Waals surface area (Å²) in [5.41, 5.74) is 0. The van der Waals surface area contributed by atoms with E-state index in [2.05, 4.69) is 0 Å². The monoisotopic (exact) mass is 134 g/mol. The van der Waals surface area contributed by atoms with Gasteiger partial charge < -0.3 is 1.43 Å². The van der Waals surface area contributed by atoms with Gasteiger partial charge in [0.2, 0.25) is 0 Å². The first-order valence-corrected chi connectivity index (χ1v) is 1.51. The summed E-state index contributed by atoms with van der Waals surface area (Å²) in [6.07, 6.45) is 0. The Labute approximate surface area is 92.7 Å². The van der Waals surface area contributed by atoms with Crippen molar-refractivity contribution in [1.29, 1.82) is 0 Å². The maximum atomic E-state index is 5.00. The zero-order chi connectivity index (χ0) is 2.71. The van der Waals surface area contributed by atoms with E-state index in [1.54, 1.807) is 0 Å². The van der Waals surface area contributed by atoms with Gasteiger partial charge >= 0.3 is 51.4 Å². The maximum Gasteiger partial charge on any atom is 1.00 e. The van der Waals surface area contributed by atoms with Crippen molar-refractivity contribution >= 4 is 29.0 Å². The second kappa shape index (κ2) is 16.1. The molecular formula is C2H9AlClK. The van der Waals surface area contributed by atoms with Crippen LogP contribution in [0, 0.1) is 0 Å². The van der Waals surface area contributed by atoms with Gasteiger partial charge in [-0.1, -0.05) is 6.92 Å². The van der Waals surface area contributed by atoms with Gasteiger partial charge in [0, 0.05) is 5.88 Å². The average Bonchev–Trinajstić information content (AvgIpc) is 0.918. The summed E-state index contributed by atoms with van der Waals surface area (Å²) in [5.74, 6) is 0.722. The Morgan fingerprint density at radius 1 is 1.80 bits per heavy atom. The van der Waals surface area contributed by atoms with Gasteiger partial charge in [0.25, 0.3) is 0 Å². The molecule has 0 spiro atoms. The number of rotatable bonds is 0. The first kappa shape index (κ1) is 15.7. The Hall–Kier alpha value is 2.46. The van der Waals surface area contributed by atoms with E-state index in [4.69, 9.17) is 11.6 Å². The molecule has 28 valence electrons. The van der Waals surface area contributed by atoms with E-state index < -0.39 is 0 Å².